The number of benzene rings is 1. The molecule has 140 valence electrons. The first kappa shape index (κ1) is 18.4. The number of amides is 1. The number of hydrogen-bond acceptors (Lipinski definition) is 3. The monoisotopic (exact) mass is 357 g/mol. The van der Waals surface area contributed by atoms with E-state index in [4.69, 9.17) is 0 Å². The smallest absolute Gasteiger partial charge is 0.328 e. The van der Waals surface area contributed by atoms with E-state index in [-0.39, 0.29) is 11.5 Å². The summed E-state index contributed by atoms with van der Waals surface area (Å²) >= 11 is 0. The van der Waals surface area contributed by atoms with Crippen molar-refractivity contribution in [2.24, 2.45) is 0 Å². The summed E-state index contributed by atoms with van der Waals surface area (Å²) in [4.78, 5) is 39.4. The molecule has 0 aliphatic heterocycles. The lowest BCUT2D eigenvalue weighted by molar-refractivity contribution is -0.122. The Kier molecular flexibility index (Phi) is 6.26. The van der Waals surface area contributed by atoms with Gasteiger partial charge in [-0.3, -0.25) is 14.2 Å². The second-order valence-electron chi connectivity index (χ2n) is 7.15. The molecule has 1 fully saturated rings. The highest BCUT2D eigenvalue weighted by Gasteiger charge is 2.14. The largest absolute Gasteiger partial charge is 0.353 e. The molecule has 1 aliphatic rings. The molecule has 1 amide bonds. The maximum Gasteiger partial charge on any atom is 0.328 e. The fraction of sp³-hybridized carbons (Fsp3) is 0.550. The third-order valence-corrected chi connectivity index (χ3v) is 5.15. The van der Waals surface area contributed by atoms with Crippen molar-refractivity contribution in [2.45, 2.75) is 70.4 Å². The summed E-state index contributed by atoms with van der Waals surface area (Å²) in [6.45, 7) is 0.329. The van der Waals surface area contributed by atoms with Crippen molar-refractivity contribution in [3.63, 3.8) is 0 Å². The van der Waals surface area contributed by atoms with Gasteiger partial charge < -0.3 is 10.3 Å². The van der Waals surface area contributed by atoms with Crippen LogP contribution in [0.25, 0.3) is 10.9 Å². The summed E-state index contributed by atoms with van der Waals surface area (Å²) < 4.78 is 1.23. The van der Waals surface area contributed by atoms with E-state index in [2.05, 4.69) is 10.3 Å². The van der Waals surface area contributed by atoms with Crippen molar-refractivity contribution in [3.05, 3.63) is 45.1 Å². The number of H-pyrrole nitrogens is 1. The van der Waals surface area contributed by atoms with Crippen molar-refractivity contribution < 1.29 is 4.79 Å². The van der Waals surface area contributed by atoms with Crippen LogP contribution in [0.15, 0.2) is 33.9 Å². The van der Waals surface area contributed by atoms with E-state index in [0.29, 0.717) is 42.8 Å². The molecule has 6 nitrogen and oxygen atoms in total. The molecule has 2 N–H and O–H groups in total. The van der Waals surface area contributed by atoms with Crippen LogP contribution in [0.2, 0.25) is 0 Å². The van der Waals surface area contributed by atoms with Crippen molar-refractivity contribution in [3.8, 4) is 0 Å². The highest BCUT2D eigenvalue weighted by Crippen LogP contribution is 2.17. The zero-order chi connectivity index (χ0) is 18.4. The second kappa shape index (κ2) is 8.83. The Morgan fingerprint density at radius 3 is 2.58 bits per heavy atom. The van der Waals surface area contributed by atoms with E-state index in [0.717, 1.165) is 12.8 Å². The van der Waals surface area contributed by atoms with Gasteiger partial charge in [-0.05, 0) is 37.8 Å². The number of para-hydroxylation sites is 1. The Bertz CT molecular complexity index is 860. The third-order valence-electron chi connectivity index (χ3n) is 5.15. The highest BCUT2D eigenvalue weighted by molar-refractivity contribution is 5.77. The van der Waals surface area contributed by atoms with E-state index in [1.165, 1.54) is 30.3 Å². The first-order chi connectivity index (χ1) is 12.6. The molecule has 2 aromatic rings. The first-order valence-corrected chi connectivity index (χ1v) is 9.66. The van der Waals surface area contributed by atoms with Gasteiger partial charge in [0.1, 0.15) is 0 Å². The number of unbranched alkanes of at least 4 members (excludes halogenated alkanes) is 1. The van der Waals surface area contributed by atoms with Crippen LogP contribution in [0.5, 0.6) is 0 Å². The number of fused-ring (bicyclic) bond motifs is 1. The van der Waals surface area contributed by atoms with Gasteiger partial charge in [-0.1, -0.05) is 37.8 Å². The average Bonchev–Trinajstić information content (AvgIpc) is 2.89. The molecule has 1 aliphatic carbocycles. The molecule has 1 saturated carbocycles. The Labute approximate surface area is 152 Å². The number of hydrogen-bond donors (Lipinski definition) is 2. The minimum Gasteiger partial charge on any atom is -0.353 e. The third kappa shape index (κ3) is 4.62. The molecule has 0 bridgehead atoms. The summed E-state index contributed by atoms with van der Waals surface area (Å²) in [5.74, 6) is 0.0802. The normalized spacial score (nSPS) is 15.7. The maximum absolute atomic E-state index is 12.4. The molecule has 0 atom stereocenters. The molecule has 26 heavy (non-hydrogen) atoms. The SMILES string of the molecule is O=C(CCCCn1c(=O)[nH]c2ccccc2c1=O)NC1CCCCCC1. The van der Waals surface area contributed by atoms with E-state index >= 15 is 0 Å². The summed E-state index contributed by atoms with van der Waals surface area (Å²) in [7, 11) is 0. The molecule has 6 heteroatoms. The minimum atomic E-state index is -0.392. The average molecular weight is 357 g/mol. The predicted octanol–water partition coefficient (Wildman–Crippen LogP) is 2.70. The lowest BCUT2D eigenvalue weighted by Crippen LogP contribution is -2.35. The van der Waals surface area contributed by atoms with Gasteiger partial charge in [-0.15, -0.1) is 0 Å². The highest BCUT2D eigenvalue weighted by atomic mass is 16.2. The van der Waals surface area contributed by atoms with Gasteiger partial charge in [0.25, 0.3) is 5.56 Å². The van der Waals surface area contributed by atoms with Gasteiger partial charge in [0.05, 0.1) is 10.9 Å². The maximum atomic E-state index is 12.4. The van der Waals surface area contributed by atoms with Crippen molar-refractivity contribution in [1.29, 1.82) is 0 Å². The summed E-state index contributed by atoms with van der Waals surface area (Å²) in [5.41, 5.74) is -0.106. The topological polar surface area (TPSA) is 84.0 Å². The van der Waals surface area contributed by atoms with Crippen LogP contribution in [0.4, 0.5) is 0 Å². The van der Waals surface area contributed by atoms with Crippen molar-refractivity contribution >= 4 is 16.8 Å². The van der Waals surface area contributed by atoms with E-state index in [1.54, 1.807) is 24.3 Å². The number of aromatic nitrogens is 2. The fourth-order valence-electron chi connectivity index (χ4n) is 3.68. The van der Waals surface area contributed by atoms with Gasteiger partial charge in [0.15, 0.2) is 0 Å². The molecule has 0 radical (unpaired) electrons. The molecular formula is C20H27N3O3. The Balaban J connectivity index is 1.50. The van der Waals surface area contributed by atoms with E-state index in [1.807, 2.05) is 0 Å². The second-order valence-corrected chi connectivity index (χ2v) is 7.15. The van der Waals surface area contributed by atoms with E-state index in [9.17, 15) is 14.4 Å². The van der Waals surface area contributed by atoms with Crippen LogP contribution >= 0.6 is 0 Å². The molecule has 0 spiro atoms. The Morgan fingerprint density at radius 1 is 1.08 bits per heavy atom. The van der Waals surface area contributed by atoms with Crippen LogP contribution in [0.3, 0.4) is 0 Å². The lowest BCUT2D eigenvalue weighted by Gasteiger charge is -2.16. The molecule has 0 unspecified atom stereocenters. The Morgan fingerprint density at radius 2 is 1.81 bits per heavy atom. The van der Waals surface area contributed by atoms with Gasteiger partial charge in [0.2, 0.25) is 5.91 Å². The number of nitrogens with zero attached hydrogens (tertiary/aromatic N) is 1. The molecule has 3 rings (SSSR count). The Hall–Kier alpha value is -2.37. The first-order valence-electron chi connectivity index (χ1n) is 9.66. The standard InChI is InChI=1S/C20H27N3O3/c24-18(21-15-9-3-1-2-4-10-15)13-7-8-14-23-19(25)16-11-5-6-12-17(16)22-20(23)26/h5-6,11-12,15H,1-4,7-10,13-14H2,(H,21,24)(H,22,26). The molecule has 1 aromatic carbocycles. The van der Waals surface area contributed by atoms with E-state index < -0.39 is 5.69 Å². The zero-order valence-electron chi connectivity index (χ0n) is 15.1. The fourth-order valence-corrected chi connectivity index (χ4v) is 3.68. The summed E-state index contributed by atoms with van der Waals surface area (Å²) in [5, 5.41) is 3.64. The van der Waals surface area contributed by atoms with Crippen LogP contribution < -0.4 is 16.6 Å². The van der Waals surface area contributed by atoms with Gasteiger partial charge in [-0.25, -0.2) is 4.79 Å². The van der Waals surface area contributed by atoms with Crippen LogP contribution in [0, 0.1) is 0 Å². The quantitative estimate of drug-likeness (QED) is 0.616. The zero-order valence-corrected chi connectivity index (χ0v) is 15.1. The van der Waals surface area contributed by atoms with Gasteiger partial charge >= 0.3 is 5.69 Å². The molecule has 1 heterocycles. The number of nitrogens with one attached hydrogen (secondary N) is 2. The number of aromatic amines is 1. The summed E-state index contributed by atoms with van der Waals surface area (Å²) in [6.07, 6.45) is 8.80. The number of rotatable bonds is 6. The van der Waals surface area contributed by atoms with Crippen molar-refractivity contribution in [2.75, 3.05) is 0 Å². The van der Waals surface area contributed by atoms with Crippen LogP contribution in [-0.4, -0.2) is 21.5 Å². The molecule has 0 saturated heterocycles. The number of carbonyl (C=O) groups excluding carboxylic acids is 1. The van der Waals surface area contributed by atoms with Crippen LogP contribution in [0.1, 0.15) is 57.8 Å². The van der Waals surface area contributed by atoms with Crippen molar-refractivity contribution in [1.82, 2.24) is 14.9 Å². The predicted molar refractivity (Wildman–Crippen MR) is 102 cm³/mol. The minimum absolute atomic E-state index is 0.0802. The van der Waals surface area contributed by atoms with Gasteiger partial charge in [0, 0.05) is 19.0 Å². The molecule has 1 aromatic heterocycles. The summed E-state index contributed by atoms with van der Waals surface area (Å²) in [6, 6.07) is 7.32. The van der Waals surface area contributed by atoms with Gasteiger partial charge in [-0.2, -0.15) is 0 Å². The van der Waals surface area contributed by atoms with Crippen LogP contribution in [-0.2, 0) is 11.3 Å². The molecular weight excluding hydrogens is 330 g/mol. The number of carbonyl (C=O) groups is 1. The lowest BCUT2D eigenvalue weighted by atomic mass is 10.1.